The Balaban J connectivity index is 2.42. The molecule has 104 valence electrons. The predicted molar refractivity (Wildman–Crippen MR) is 78.5 cm³/mol. The molecule has 1 aromatic rings. The van der Waals surface area contributed by atoms with E-state index in [1.165, 1.54) is 11.3 Å². The lowest BCUT2D eigenvalue weighted by Crippen LogP contribution is -2.42. The van der Waals surface area contributed by atoms with Gasteiger partial charge in [0.2, 0.25) is 5.91 Å². The summed E-state index contributed by atoms with van der Waals surface area (Å²) in [5.41, 5.74) is 3.64. The van der Waals surface area contributed by atoms with Gasteiger partial charge in [0.1, 0.15) is 6.04 Å². The topological polar surface area (TPSA) is 26.8 Å². The second-order valence-corrected chi connectivity index (χ2v) is 5.64. The van der Waals surface area contributed by atoms with Gasteiger partial charge in [0, 0.05) is 40.4 Å². The molecule has 2 rings (SSSR count). The van der Waals surface area contributed by atoms with E-state index in [2.05, 4.69) is 28.0 Å². The molecule has 1 amide bonds. The number of nitrogens with zero attached hydrogens (tertiary/aromatic N) is 3. The van der Waals surface area contributed by atoms with Gasteiger partial charge in [-0.05, 0) is 36.7 Å². The number of hydrogen-bond donors (Lipinski definition) is 0. The first-order chi connectivity index (χ1) is 8.91. The van der Waals surface area contributed by atoms with Crippen LogP contribution in [0.2, 0.25) is 0 Å². The molecule has 0 saturated heterocycles. The Morgan fingerprint density at radius 2 is 1.95 bits per heavy atom. The van der Waals surface area contributed by atoms with E-state index >= 15 is 0 Å². The van der Waals surface area contributed by atoms with Crippen molar-refractivity contribution in [3.8, 4) is 0 Å². The minimum absolute atomic E-state index is 0.144. The zero-order valence-corrected chi connectivity index (χ0v) is 12.5. The molecule has 4 heteroatoms. The molecule has 1 aromatic carbocycles. The molecule has 19 heavy (non-hydrogen) atoms. The Bertz CT molecular complexity index is 482. The summed E-state index contributed by atoms with van der Waals surface area (Å²) in [6.07, 6.45) is 1.00. The molecule has 1 atom stereocenters. The van der Waals surface area contributed by atoms with Crippen LogP contribution in [0.4, 0.5) is 5.69 Å². The molecular formula is C15H23N3O. The number of rotatable bonds is 2. The summed E-state index contributed by atoms with van der Waals surface area (Å²) in [6, 6.07) is 6.26. The zero-order chi connectivity index (χ0) is 14.2. The van der Waals surface area contributed by atoms with Crippen LogP contribution in [0, 0.1) is 0 Å². The molecular weight excluding hydrogens is 238 g/mol. The van der Waals surface area contributed by atoms with Gasteiger partial charge in [-0.25, -0.2) is 0 Å². The van der Waals surface area contributed by atoms with Crippen LogP contribution in [0.25, 0.3) is 0 Å². The van der Waals surface area contributed by atoms with Gasteiger partial charge in [-0.15, -0.1) is 0 Å². The van der Waals surface area contributed by atoms with Crippen molar-refractivity contribution >= 4 is 11.6 Å². The Morgan fingerprint density at radius 1 is 1.26 bits per heavy atom. The van der Waals surface area contributed by atoms with E-state index in [4.69, 9.17) is 0 Å². The monoisotopic (exact) mass is 261 g/mol. The molecule has 1 heterocycles. The molecule has 1 unspecified atom stereocenters. The molecule has 0 saturated carbocycles. The predicted octanol–water partition coefficient (Wildman–Crippen LogP) is 1.37. The molecule has 1 aliphatic rings. The number of benzene rings is 1. The standard InChI is InChI=1S/C15H23N3O/c1-16(2)12-6-7-13-11(10-12)8-9-18(5)14(13)15(19)17(3)4/h6-7,10,14H,8-9H2,1-5H3. The molecule has 0 radical (unpaired) electrons. The lowest BCUT2D eigenvalue weighted by Gasteiger charge is -2.35. The van der Waals surface area contributed by atoms with Gasteiger partial charge < -0.3 is 9.80 Å². The van der Waals surface area contributed by atoms with Crippen molar-refractivity contribution in [2.24, 2.45) is 0 Å². The SMILES string of the molecule is CN(C)C(=O)C1c2ccc(N(C)C)cc2CCN1C. The highest BCUT2D eigenvalue weighted by atomic mass is 16.2. The van der Waals surface area contributed by atoms with Crippen LogP contribution in [-0.4, -0.2) is 57.5 Å². The normalized spacial score (nSPS) is 18.9. The molecule has 0 bridgehead atoms. The highest BCUT2D eigenvalue weighted by Crippen LogP contribution is 2.32. The highest BCUT2D eigenvalue weighted by Gasteiger charge is 2.31. The molecule has 4 nitrogen and oxygen atoms in total. The molecule has 0 aliphatic carbocycles. The van der Waals surface area contributed by atoms with E-state index in [0.29, 0.717) is 0 Å². The largest absolute Gasteiger partial charge is 0.378 e. The van der Waals surface area contributed by atoms with Gasteiger partial charge in [-0.1, -0.05) is 6.07 Å². The maximum Gasteiger partial charge on any atom is 0.244 e. The van der Waals surface area contributed by atoms with Crippen molar-refractivity contribution < 1.29 is 4.79 Å². The summed E-state index contributed by atoms with van der Waals surface area (Å²) in [6.45, 7) is 0.925. The van der Waals surface area contributed by atoms with E-state index in [9.17, 15) is 4.79 Å². The van der Waals surface area contributed by atoms with E-state index < -0.39 is 0 Å². The maximum absolute atomic E-state index is 12.4. The molecule has 0 spiro atoms. The van der Waals surface area contributed by atoms with Gasteiger partial charge >= 0.3 is 0 Å². The maximum atomic E-state index is 12.4. The average molecular weight is 261 g/mol. The first-order valence-corrected chi connectivity index (χ1v) is 6.63. The van der Waals surface area contributed by atoms with Crippen molar-refractivity contribution in [1.29, 1.82) is 0 Å². The van der Waals surface area contributed by atoms with Crippen molar-refractivity contribution in [2.45, 2.75) is 12.5 Å². The fourth-order valence-corrected chi connectivity index (χ4v) is 2.58. The summed E-state index contributed by atoms with van der Waals surface area (Å²) in [4.78, 5) is 18.3. The molecule has 1 aliphatic heterocycles. The van der Waals surface area contributed by atoms with Crippen LogP contribution in [0.3, 0.4) is 0 Å². The molecule has 0 N–H and O–H groups in total. The first kappa shape index (κ1) is 13.9. The summed E-state index contributed by atoms with van der Waals surface area (Å²) >= 11 is 0. The van der Waals surface area contributed by atoms with E-state index in [-0.39, 0.29) is 11.9 Å². The van der Waals surface area contributed by atoms with Crippen LogP contribution in [0.15, 0.2) is 18.2 Å². The third kappa shape index (κ3) is 2.59. The fourth-order valence-electron chi connectivity index (χ4n) is 2.58. The second-order valence-electron chi connectivity index (χ2n) is 5.64. The number of carbonyl (C=O) groups excluding carboxylic acids is 1. The lowest BCUT2D eigenvalue weighted by molar-refractivity contribution is -0.134. The van der Waals surface area contributed by atoms with Crippen molar-refractivity contribution in [3.05, 3.63) is 29.3 Å². The Labute approximate surface area is 115 Å². The number of fused-ring (bicyclic) bond motifs is 1. The van der Waals surface area contributed by atoms with Crippen molar-refractivity contribution in [2.75, 3.05) is 46.7 Å². The second kappa shape index (κ2) is 5.21. The summed E-state index contributed by atoms with van der Waals surface area (Å²) < 4.78 is 0. The Hall–Kier alpha value is -1.55. The third-order valence-corrected chi connectivity index (χ3v) is 3.79. The smallest absolute Gasteiger partial charge is 0.244 e. The van der Waals surface area contributed by atoms with Gasteiger partial charge in [-0.2, -0.15) is 0 Å². The summed E-state index contributed by atoms with van der Waals surface area (Å²) in [7, 11) is 9.74. The quantitative estimate of drug-likeness (QED) is 0.804. The van der Waals surface area contributed by atoms with Crippen LogP contribution in [-0.2, 0) is 11.2 Å². The summed E-state index contributed by atoms with van der Waals surface area (Å²) in [5, 5.41) is 0. The minimum atomic E-state index is -0.144. The average Bonchev–Trinajstić information content (AvgIpc) is 2.37. The van der Waals surface area contributed by atoms with Gasteiger partial charge in [-0.3, -0.25) is 9.69 Å². The molecule has 0 aromatic heterocycles. The van der Waals surface area contributed by atoms with Gasteiger partial charge in [0.05, 0.1) is 0 Å². The fraction of sp³-hybridized carbons (Fsp3) is 0.533. The number of hydrogen-bond acceptors (Lipinski definition) is 3. The number of anilines is 1. The first-order valence-electron chi connectivity index (χ1n) is 6.63. The zero-order valence-electron chi connectivity index (χ0n) is 12.5. The third-order valence-electron chi connectivity index (χ3n) is 3.79. The van der Waals surface area contributed by atoms with Crippen molar-refractivity contribution in [3.63, 3.8) is 0 Å². The van der Waals surface area contributed by atoms with E-state index in [0.717, 1.165) is 18.5 Å². The van der Waals surface area contributed by atoms with E-state index in [1.807, 2.05) is 35.2 Å². The Morgan fingerprint density at radius 3 is 2.53 bits per heavy atom. The number of amides is 1. The van der Waals surface area contributed by atoms with Gasteiger partial charge in [0.25, 0.3) is 0 Å². The summed E-state index contributed by atoms with van der Waals surface area (Å²) in [5.74, 6) is 0.154. The van der Waals surface area contributed by atoms with Crippen LogP contribution in [0.5, 0.6) is 0 Å². The number of likely N-dealkylation sites (N-methyl/N-ethyl adjacent to an activating group) is 2. The van der Waals surface area contributed by atoms with Crippen LogP contribution >= 0.6 is 0 Å². The molecule has 0 fully saturated rings. The van der Waals surface area contributed by atoms with E-state index in [1.54, 1.807) is 4.90 Å². The van der Waals surface area contributed by atoms with Crippen LogP contribution in [0.1, 0.15) is 17.2 Å². The number of carbonyl (C=O) groups is 1. The highest BCUT2D eigenvalue weighted by molar-refractivity contribution is 5.83. The minimum Gasteiger partial charge on any atom is -0.378 e. The van der Waals surface area contributed by atoms with Crippen LogP contribution < -0.4 is 4.90 Å². The Kier molecular flexibility index (Phi) is 3.80. The lowest BCUT2D eigenvalue weighted by atomic mass is 9.91. The van der Waals surface area contributed by atoms with Crippen molar-refractivity contribution in [1.82, 2.24) is 9.80 Å². The van der Waals surface area contributed by atoms with Gasteiger partial charge in [0.15, 0.2) is 0 Å².